The highest BCUT2D eigenvalue weighted by atomic mass is 32.2. The third-order valence-corrected chi connectivity index (χ3v) is 7.10. The number of anilines is 1. The van der Waals surface area contributed by atoms with Gasteiger partial charge in [0.1, 0.15) is 5.52 Å². The third-order valence-electron chi connectivity index (χ3n) is 5.49. The lowest BCUT2D eigenvalue weighted by Crippen LogP contribution is -2.40. The summed E-state index contributed by atoms with van der Waals surface area (Å²) in [5.41, 5.74) is 2.72. The standard InChI is InChI=1S/C22H25N3O5S/c26-21(23-11-5-4-8-17-6-2-1-3-7-17)25-19-10-9-18(16-20(19)30-22(25)27)24-12-14-31(28,29)15-13-24/h1-3,6-7,9-10,16H,4-5,8,11-15H2,(H,23,26). The van der Waals surface area contributed by atoms with Crippen LogP contribution in [0.15, 0.2) is 57.7 Å². The van der Waals surface area contributed by atoms with Crippen molar-refractivity contribution in [2.75, 3.05) is 36.0 Å². The van der Waals surface area contributed by atoms with E-state index in [0.717, 1.165) is 29.5 Å². The molecule has 1 N–H and O–H groups in total. The number of nitrogens with one attached hydrogen (secondary N) is 1. The average molecular weight is 444 g/mol. The Bertz CT molecular complexity index is 1220. The molecule has 0 aliphatic carbocycles. The van der Waals surface area contributed by atoms with Crippen LogP contribution < -0.4 is 16.0 Å². The number of rotatable bonds is 6. The Morgan fingerprint density at radius 3 is 2.52 bits per heavy atom. The van der Waals surface area contributed by atoms with Gasteiger partial charge in [-0.05, 0) is 37.0 Å². The van der Waals surface area contributed by atoms with Crippen molar-refractivity contribution in [3.63, 3.8) is 0 Å². The monoisotopic (exact) mass is 443 g/mol. The van der Waals surface area contributed by atoms with E-state index in [1.165, 1.54) is 5.56 Å². The predicted molar refractivity (Wildman–Crippen MR) is 120 cm³/mol. The second kappa shape index (κ2) is 8.97. The van der Waals surface area contributed by atoms with Gasteiger partial charge in [-0.25, -0.2) is 18.0 Å². The maximum Gasteiger partial charge on any atom is 0.428 e. The first-order chi connectivity index (χ1) is 14.9. The minimum absolute atomic E-state index is 0.0999. The summed E-state index contributed by atoms with van der Waals surface area (Å²) in [7, 11) is -2.98. The number of hydrogen-bond acceptors (Lipinski definition) is 6. The smallest absolute Gasteiger partial charge is 0.407 e. The molecule has 1 aliphatic rings. The quantitative estimate of drug-likeness (QED) is 0.587. The van der Waals surface area contributed by atoms with E-state index < -0.39 is 21.6 Å². The largest absolute Gasteiger partial charge is 0.428 e. The van der Waals surface area contributed by atoms with Gasteiger partial charge in [0.2, 0.25) is 0 Å². The molecule has 1 fully saturated rings. The molecule has 1 amide bonds. The minimum atomic E-state index is -2.98. The van der Waals surface area contributed by atoms with E-state index in [0.29, 0.717) is 30.7 Å². The molecule has 0 radical (unpaired) electrons. The van der Waals surface area contributed by atoms with Crippen molar-refractivity contribution >= 4 is 32.7 Å². The van der Waals surface area contributed by atoms with Crippen LogP contribution >= 0.6 is 0 Å². The fourth-order valence-electron chi connectivity index (χ4n) is 3.74. The Labute approximate surface area is 180 Å². The molecule has 1 saturated heterocycles. The molecule has 9 heteroatoms. The summed E-state index contributed by atoms with van der Waals surface area (Å²) < 4.78 is 29.5. The number of fused-ring (bicyclic) bond motifs is 1. The number of sulfone groups is 1. The summed E-state index contributed by atoms with van der Waals surface area (Å²) in [5.74, 6) is -0.541. The minimum Gasteiger partial charge on any atom is -0.407 e. The molecule has 0 saturated carbocycles. The summed E-state index contributed by atoms with van der Waals surface area (Å²) in [4.78, 5) is 26.8. The van der Waals surface area contributed by atoms with Crippen molar-refractivity contribution in [2.45, 2.75) is 19.3 Å². The van der Waals surface area contributed by atoms with Crippen LogP contribution in [0.3, 0.4) is 0 Å². The fraction of sp³-hybridized carbons (Fsp3) is 0.364. The Hall–Kier alpha value is -3.07. The van der Waals surface area contributed by atoms with Crippen LogP contribution in [-0.2, 0) is 16.3 Å². The van der Waals surface area contributed by atoms with Crippen LogP contribution in [0.5, 0.6) is 0 Å². The zero-order valence-electron chi connectivity index (χ0n) is 17.1. The Morgan fingerprint density at radius 1 is 1.03 bits per heavy atom. The van der Waals surface area contributed by atoms with Gasteiger partial charge < -0.3 is 14.6 Å². The number of benzene rings is 2. The third kappa shape index (κ3) is 4.99. The molecule has 2 aromatic carbocycles. The van der Waals surface area contributed by atoms with Crippen LogP contribution in [0.4, 0.5) is 10.5 Å². The summed E-state index contributed by atoms with van der Waals surface area (Å²) in [6.45, 7) is 1.25. The van der Waals surface area contributed by atoms with Gasteiger partial charge in [0.15, 0.2) is 15.4 Å². The number of unbranched alkanes of at least 4 members (excludes halogenated alkanes) is 1. The summed E-state index contributed by atoms with van der Waals surface area (Å²) in [6.07, 6.45) is 2.67. The molecule has 8 nitrogen and oxygen atoms in total. The lowest BCUT2D eigenvalue weighted by Gasteiger charge is -2.28. The SMILES string of the molecule is O=C(NCCCCc1ccccc1)n1c(=O)oc2cc(N3CCS(=O)(=O)CC3)ccc21. The first-order valence-corrected chi connectivity index (χ1v) is 12.2. The zero-order valence-corrected chi connectivity index (χ0v) is 17.9. The van der Waals surface area contributed by atoms with Crippen LogP contribution in [0.1, 0.15) is 18.4 Å². The molecule has 164 valence electrons. The van der Waals surface area contributed by atoms with Gasteiger partial charge in [-0.2, -0.15) is 4.57 Å². The van der Waals surface area contributed by atoms with Gasteiger partial charge in [0, 0.05) is 31.4 Å². The Balaban J connectivity index is 1.38. The van der Waals surface area contributed by atoms with Crippen LogP contribution in [0.25, 0.3) is 11.1 Å². The van der Waals surface area contributed by atoms with Crippen molar-refractivity contribution in [1.82, 2.24) is 9.88 Å². The van der Waals surface area contributed by atoms with E-state index in [9.17, 15) is 18.0 Å². The second-order valence-corrected chi connectivity index (χ2v) is 9.97. The molecule has 1 aromatic heterocycles. The first kappa shape index (κ1) is 21.2. The van der Waals surface area contributed by atoms with Gasteiger partial charge in [-0.15, -0.1) is 0 Å². The Kier molecular flexibility index (Phi) is 6.13. The lowest BCUT2D eigenvalue weighted by molar-refractivity contribution is 0.241. The van der Waals surface area contributed by atoms with Gasteiger partial charge in [-0.1, -0.05) is 30.3 Å². The topological polar surface area (TPSA) is 102 Å². The number of oxazole rings is 1. The van der Waals surface area contributed by atoms with Gasteiger partial charge >= 0.3 is 11.8 Å². The van der Waals surface area contributed by atoms with Crippen molar-refractivity contribution in [3.8, 4) is 0 Å². The number of carbonyl (C=O) groups is 1. The molecular formula is C22H25N3O5S. The van der Waals surface area contributed by atoms with Crippen molar-refractivity contribution in [2.24, 2.45) is 0 Å². The number of carbonyl (C=O) groups excluding carboxylic acids is 1. The fourth-order valence-corrected chi connectivity index (χ4v) is 4.94. The number of nitrogens with zero attached hydrogens (tertiary/aromatic N) is 2. The van der Waals surface area contributed by atoms with Crippen molar-refractivity contribution < 1.29 is 17.6 Å². The van der Waals surface area contributed by atoms with Crippen LogP contribution in [-0.4, -0.2) is 50.2 Å². The van der Waals surface area contributed by atoms with Gasteiger partial charge in [0.25, 0.3) is 0 Å². The van der Waals surface area contributed by atoms with Crippen LogP contribution in [0, 0.1) is 0 Å². The zero-order chi connectivity index (χ0) is 21.8. The van der Waals surface area contributed by atoms with E-state index in [4.69, 9.17) is 4.42 Å². The number of amides is 1. The highest BCUT2D eigenvalue weighted by Gasteiger charge is 2.23. The van der Waals surface area contributed by atoms with Crippen molar-refractivity contribution in [1.29, 1.82) is 0 Å². The number of aryl methyl sites for hydroxylation is 1. The number of hydrogen-bond donors (Lipinski definition) is 1. The summed E-state index contributed by atoms with van der Waals surface area (Å²) in [5, 5.41) is 2.78. The summed E-state index contributed by atoms with van der Waals surface area (Å²) in [6, 6.07) is 14.7. The molecule has 0 spiro atoms. The van der Waals surface area contributed by atoms with Crippen molar-refractivity contribution in [3.05, 3.63) is 64.6 Å². The Morgan fingerprint density at radius 2 is 1.77 bits per heavy atom. The highest BCUT2D eigenvalue weighted by Crippen LogP contribution is 2.23. The molecule has 2 heterocycles. The first-order valence-electron chi connectivity index (χ1n) is 10.4. The maximum atomic E-state index is 12.5. The molecule has 0 atom stereocenters. The highest BCUT2D eigenvalue weighted by molar-refractivity contribution is 7.91. The molecule has 3 aromatic rings. The normalized spacial score (nSPS) is 15.8. The molecule has 0 bridgehead atoms. The van der Waals surface area contributed by atoms with Gasteiger partial charge in [0.05, 0.1) is 11.5 Å². The summed E-state index contributed by atoms with van der Waals surface area (Å²) >= 11 is 0. The predicted octanol–water partition coefficient (Wildman–Crippen LogP) is 2.41. The lowest BCUT2D eigenvalue weighted by atomic mass is 10.1. The van der Waals surface area contributed by atoms with E-state index >= 15 is 0 Å². The van der Waals surface area contributed by atoms with Gasteiger partial charge in [-0.3, -0.25) is 0 Å². The van der Waals surface area contributed by atoms with E-state index in [-0.39, 0.29) is 11.5 Å². The second-order valence-electron chi connectivity index (χ2n) is 7.67. The molecular weight excluding hydrogens is 418 g/mol. The molecule has 0 unspecified atom stereocenters. The van der Waals surface area contributed by atoms with E-state index in [1.807, 2.05) is 23.1 Å². The van der Waals surface area contributed by atoms with Crippen LogP contribution in [0.2, 0.25) is 0 Å². The van der Waals surface area contributed by atoms with E-state index in [2.05, 4.69) is 17.4 Å². The maximum absolute atomic E-state index is 12.5. The molecule has 4 rings (SSSR count). The molecule has 31 heavy (non-hydrogen) atoms. The van der Waals surface area contributed by atoms with E-state index in [1.54, 1.807) is 18.2 Å². The number of aromatic nitrogens is 1. The average Bonchev–Trinajstić information content (AvgIpc) is 3.09. The molecule has 1 aliphatic heterocycles.